The lowest BCUT2D eigenvalue weighted by molar-refractivity contribution is 0.452. The lowest BCUT2D eigenvalue weighted by Gasteiger charge is -2.24. The normalized spacial score (nSPS) is 12.8. The molecule has 1 aromatic rings. The van der Waals surface area contributed by atoms with Crippen LogP contribution >= 0.6 is 11.3 Å². The van der Waals surface area contributed by atoms with Crippen LogP contribution in [-0.4, -0.2) is 30.5 Å². The molecule has 1 heterocycles. The van der Waals surface area contributed by atoms with Crippen LogP contribution in [0.3, 0.4) is 0 Å². The summed E-state index contributed by atoms with van der Waals surface area (Å²) in [7, 11) is 0. The van der Waals surface area contributed by atoms with E-state index in [1.54, 1.807) is 11.3 Å². The smallest absolute Gasteiger partial charge is 0.191 e. The van der Waals surface area contributed by atoms with Gasteiger partial charge in [0.1, 0.15) is 0 Å². The number of thiophene rings is 1. The zero-order chi connectivity index (χ0) is 12.9. The van der Waals surface area contributed by atoms with Gasteiger partial charge >= 0.3 is 0 Å². The zero-order valence-corrected chi connectivity index (χ0v) is 12.0. The molecule has 0 bridgehead atoms. The van der Waals surface area contributed by atoms with E-state index in [4.69, 9.17) is 5.73 Å². The fourth-order valence-corrected chi connectivity index (χ4v) is 2.51. The van der Waals surface area contributed by atoms with E-state index in [0.717, 1.165) is 19.6 Å². The number of nitrogens with zero attached hydrogens (tertiary/aromatic N) is 2. The summed E-state index contributed by atoms with van der Waals surface area (Å²) < 4.78 is 0. The van der Waals surface area contributed by atoms with Crippen LogP contribution in [0.15, 0.2) is 22.5 Å². The maximum absolute atomic E-state index is 5.98. The van der Waals surface area contributed by atoms with Crippen LogP contribution in [0.25, 0.3) is 0 Å². The summed E-state index contributed by atoms with van der Waals surface area (Å²) in [6, 6.07) is 4.24. The van der Waals surface area contributed by atoms with Gasteiger partial charge in [-0.25, -0.2) is 0 Å². The van der Waals surface area contributed by atoms with Crippen LogP contribution in [0.4, 0.5) is 0 Å². The lowest BCUT2D eigenvalue weighted by atomic mass is 9.92. The Balaban J connectivity index is 2.69. The van der Waals surface area contributed by atoms with Gasteiger partial charge in [-0.3, -0.25) is 4.99 Å². The monoisotopic (exact) mass is 253 g/mol. The SMILES string of the molecule is CCN(CC)C(N)=NCC(C)(C)c1cccs1. The number of nitrogens with two attached hydrogens (primary N) is 1. The molecule has 1 aromatic heterocycles. The predicted molar refractivity (Wildman–Crippen MR) is 76.8 cm³/mol. The Bertz CT molecular complexity index is 351. The van der Waals surface area contributed by atoms with Gasteiger partial charge in [0, 0.05) is 23.4 Å². The minimum absolute atomic E-state index is 0.0614. The highest BCUT2D eigenvalue weighted by molar-refractivity contribution is 7.10. The molecule has 1 rings (SSSR count). The van der Waals surface area contributed by atoms with Crippen LogP contribution in [0, 0.1) is 0 Å². The summed E-state index contributed by atoms with van der Waals surface area (Å²) in [6.07, 6.45) is 0. The van der Waals surface area contributed by atoms with E-state index in [9.17, 15) is 0 Å². The minimum atomic E-state index is 0.0614. The van der Waals surface area contributed by atoms with E-state index in [1.807, 2.05) is 0 Å². The van der Waals surface area contributed by atoms with Crippen LogP contribution in [-0.2, 0) is 5.41 Å². The fraction of sp³-hybridized carbons (Fsp3) is 0.615. The van der Waals surface area contributed by atoms with Crippen molar-refractivity contribution >= 4 is 17.3 Å². The van der Waals surface area contributed by atoms with Gasteiger partial charge in [-0.05, 0) is 25.3 Å². The molecule has 0 aliphatic carbocycles. The number of rotatable bonds is 5. The van der Waals surface area contributed by atoms with Crippen molar-refractivity contribution in [1.29, 1.82) is 0 Å². The summed E-state index contributed by atoms with van der Waals surface area (Å²) in [4.78, 5) is 7.95. The van der Waals surface area contributed by atoms with Gasteiger partial charge in [0.25, 0.3) is 0 Å². The van der Waals surface area contributed by atoms with Gasteiger partial charge in [0.15, 0.2) is 5.96 Å². The van der Waals surface area contributed by atoms with Crippen molar-refractivity contribution in [2.24, 2.45) is 10.7 Å². The Labute approximate surface area is 108 Å². The molecule has 2 N–H and O–H groups in total. The van der Waals surface area contributed by atoms with E-state index in [0.29, 0.717) is 5.96 Å². The van der Waals surface area contributed by atoms with Gasteiger partial charge in [0.05, 0.1) is 6.54 Å². The third-order valence-corrected chi connectivity index (χ3v) is 4.15. The Hall–Kier alpha value is -1.03. The van der Waals surface area contributed by atoms with Crippen LogP contribution in [0.2, 0.25) is 0 Å². The third kappa shape index (κ3) is 3.73. The highest BCUT2D eigenvalue weighted by Gasteiger charge is 2.21. The fourth-order valence-electron chi connectivity index (χ4n) is 1.67. The van der Waals surface area contributed by atoms with Gasteiger partial charge < -0.3 is 10.6 Å². The predicted octanol–water partition coefficient (Wildman–Crippen LogP) is 2.68. The molecule has 0 aliphatic heterocycles. The van der Waals surface area contributed by atoms with E-state index < -0.39 is 0 Å². The summed E-state index contributed by atoms with van der Waals surface area (Å²) in [5, 5.41) is 2.11. The van der Waals surface area contributed by atoms with Gasteiger partial charge in [-0.15, -0.1) is 11.3 Å². The Morgan fingerprint density at radius 1 is 1.41 bits per heavy atom. The van der Waals surface area contributed by atoms with Crippen molar-refractivity contribution in [1.82, 2.24) is 4.90 Å². The molecule has 4 heteroatoms. The minimum Gasteiger partial charge on any atom is -0.370 e. The van der Waals surface area contributed by atoms with Crippen LogP contribution in [0.1, 0.15) is 32.6 Å². The first kappa shape index (κ1) is 14.0. The molecule has 0 aliphatic rings. The van der Waals surface area contributed by atoms with Crippen molar-refractivity contribution in [3.8, 4) is 0 Å². The summed E-state index contributed by atoms with van der Waals surface area (Å²) in [5.41, 5.74) is 6.04. The molecule has 0 atom stereocenters. The molecule has 0 saturated carbocycles. The van der Waals surface area contributed by atoms with Gasteiger partial charge in [-0.2, -0.15) is 0 Å². The van der Waals surface area contributed by atoms with Crippen molar-refractivity contribution in [3.63, 3.8) is 0 Å². The molecule has 17 heavy (non-hydrogen) atoms. The summed E-state index contributed by atoms with van der Waals surface area (Å²) in [5.74, 6) is 0.652. The topological polar surface area (TPSA) is 41.6 Å². The molecule has 0 radical (unpaired) electrons. The number of aliphatic imine (C=N–C) groups is 1. The molecule has 96 valence electrons. The van der Waals surface area contributed by atoms with E-state index in [1.165, 1.54) is 4.88 Å². The first-order valence-electron chi connectivity index (χ1n) is 6.10. The van der Waals surface area contributed by atoms with E-state index in [-0.39, 0.29) is 5.41 Å². The molecule has 0 spiro atoms. The Morgan fingerprint density at radius 3 is 2.53 bits per heavy atom. The summed E-state index contributed by atoms with van der Waals surface area (Å²) >= 11 is 1.78. The Kier molecular flexibility index (Phi) is 5.00. The highest BCUT2D eigenvalue weighted by atomic mass is 32.1. The molecular formula is C13H23N3S. The molecule has 0 fully saturated rings. The zero-order valence-electron chi connectivity index (χ0n) is 11.2. The second-order valence-electron chi connectivity index (χ2n) is 4.71. The molecule has 0 saturated heterocycles. The van der Waals surface area contributed by atoms with Gasteiger partial charge in [0.2, 0.25) is 0 Å². The van der Waals surface area contributed by atoms with E-state index >= 15 is 0 Å². The van der Waals surface area contributed by atoms with E-state index in [2.05, 4.69) is 55.1 Å². The highest BCUT2D eigenvalue weighted by Crippen LogP contribution is 2.27. The maximum atomic E-state index is 5.98. The quantitative estimate of drug-likeness (QED) is 0.647. The molecule has 3 nitrogen and oxygen atoms in total. The first-order chi connectivity index (χ1) is 8.01. The largest absolute Gasteiger partial charge is 0.370 e. The molecule has 0 aromatic carbocycles. The first-order valence-corrected chi connectivity index (χ1v) is 6.98. The van der Waals surface area contributed by atoms with Crippen LogP contribution < -0.4 is 5.73 Å². The maximum Gasteiger partial charge on any atom is 0.191 e. The number of hydrogen-bond donors (Lipinski definition) is 1. The Morgan fingerprint density at radius 2 is 2.06 bits per heavy atom. The van der Waals surface area contributed by atoms with Crippen molar-refractivity contribution in [2.45, 2.75) is 33.1 Å². The molecule has 0 amide bonds. The second kappa shape index (κ2) is 6.05. The number of guanidine groups is 1. The van der Waals surface area contributed by atoms with Crippen LogP contribution in [0.5, 0.6) is 0 Å². The molecular weight excluding hydrogens is 230 g/mol. The van der Waals surface area contributed by atoms with Crippen molar-refractivity contribution in [3.05, 3.63) is 22.4 Å². The lowest BCUT2D eigenvalue weighted by Crippen LogP contribution is -2.38. The second-order valence-corrected chi connectivity index (χ2v) is 5.66. The number of hydrogen-bond acceptors (Lipinski definition) is 2. The van der Waals surface area contributed by atoms with Crippen molar-refractivity contribution < 1.29 is 0 Å². The average Bonchev–Trinajstić information content (AvgIpc) is 2.82. The van der Waals surface area contributed by atoms with Gasteiger partial charge in [-0.1, -0.05) is 19.9 Å². The standard InChI is InChI=1S/C13H23N3S/c1-5-16(6-2)12(14)15-10-13(3,4)11-8-7-9-17-11/h7-9H,5-6,10H2,1-4H3,(H2,14,15). The molecule has 0 unspecified atom stereocenters. The average molecular weight is 253 g/mol. The summed E-state index contributed by atoms with van der Waals surface area (Å²) in [6.45, 7) is 11.1. The van der Waals surface area contributed by atoms with Crippen molar-refractivity contribution in [2.75, 3.05) is 19.6 Å². The third-order valence-electron chi connectivity index (χ3n) is 2.91.